The van der Waals surface area contributed by atoms with Crippen LogP contribution in [0.1, 0.15) is 36.7 Å². The van der Waals surface area contributed by atoms with Crippen LogP contribution in [0.25, 0.3) is 0 Å². The van der Waals surface area contributed by atoms with Crippen LogP contribution >= 0.6 is 15.9 Å². The molecule has 1 atom stereocenters. The van der Waals surface area contributed by atoms with Crippen molar-refractivity contribution in [3.63, 3.8) is 0 Å². The summed E-state index contributed by atoms with van der Waals surface area (Å²) in [6, 6.07) is 4.50. The van der Waals surface area contributed by atoms with E-state index in [0.29, 0.717) is 11.1 Å². The molecule has 4 heteroatoms. The Morgan fingerprint density at radius 2 is 2.06 bits per heavy atom. The molecule has 1 amide bonds. The van der Waals surface area contributed by atoms with Crippen molar-refractivity contribution in [1.29, 1.82) is 0 Å². The first kappa shape index (κ1) is 14.2. The SMILES string of the molecule is Cc1ccc(C(=O)NC(C)(C)C(C)Br)cc1F. The lowest BCUT2D eigenvalue weighted by Crippen LogP contribution is -2.48. The molecule has 0 aliphatic heterocycles. The Labute approximate surface area is 110 Å². The number of amides is 1. The number of carbonyl (C=O) groups excluding carboxylic acids is 1. The van der Waals surface area contributed by atoms with Gasteiger partial charge in [0, 0.05) is 15.9 Å². The third-order valence-electron chi connectivity index (χ3n) is 2.86. The summed E-state index contributed by atoms with van der Waals surface area (Å²) >= 11 is 3.43. The molecule has 0 bridgehead atoms. The van der Waals surface area contributed by atoms with E-state index in [1.54, 1.807) is 19.1 Å². The average molecular weight is 302 g/mol. The van der Waals surface area contributed by atoms with Crippen LogP contribution in [0.4, 0.5) is 4.39 Å². The summed E-state index contributed by atoms with van der Waals surface area (Å²) in [5, 5.41) is 2.87. The number of alkyl halides is 1. The Morgan fingerprint density at radius 1 is 1.47 bits per heavy atom. The minimum absolute atomic E-state index is 0.120. The molecular formula is C13H17BrFNO. The van der Waals surface area contributed by atoms with Gasteiger partial charge in [-0.15, -0.1) is 0 Å². The van der Waals surface area contributed by atoms with Crippen molar-refractivity contribution < 1.29 is 9.18 Å². The highest BCUT2D eigenvalue weighted by Crippen LogP contribution is 2.18. The third kappa shape index (κ3) is 3.53. The largest absolute Gasteiger partial charge is 0.346 e. The fraction of sp³-hybridized carbons (Fsp3) is 0.462. The first-order valence-electron chi connectivity index (χ1n) is 5.47. The predicted molar refractivity (Wildman–Crippen MR) is 71.1 cm³/mol. The van der Waals surface area contributed by atoms with Gasteiger partial charge in [0.25, 0.3) is 5.91 Å². The number of rotatable bonds is 3. The van der Waals surface area contributed by atoms with Crippen LogP contribution in [0.15, 0.2) is 18.2 Å². The number of hydrogen-bond donors (Lipinski definition) is 1. The Bertz CT molecular complexity index is 429. The maximum atomic E-state index is 13.3. The van der Waals surface area contributed by atoms with Crippen LogP contribution in [0, 0.1) is 12.7 Å². The second-order valence-corrected chi connectivity index (χ2v) is 6.13. The van der Waals surface area contributed by atoms with Gasteiger partial charge in [-0.2, -0.15) is 0 Å². The minimum Gasteiger partial charge on any atom is -0.346 e. The molecule has 1 unspecified atom stereocenters. The lowest BCUT2D eigenvalue weighted by atomic mass is 10.0. The van der Waals surface area contributed by atoms with E-state index in [2.05, 4.69) is 21.2 Å². The Hall–Kier alpha value is -0.900. The van der Waals surface area contributed by atoms with Crippen LogP contribution in [0.3, 0.4) is 0 Å². The molecule has 1 aromatic carbocycles. The topological polar surface area (TPSA) is 29.1 Å². The van der Waals surface area contributed by atoms with Crippen LogP contribution in [-0.4, -0.2) is 16.3 Å². The quantitative estimate of drug-likeness (QED) is 0.852. The zero-order valence-electron chi connectivity index (χ0n) is 10.5. The second kappa shape index (κ2) is 5.17. The van der Waals surface area contributed by atoms with Crippen molar-refractivity contribution in [3.05, 3.63) is 35.1 Å². The molecule has 1 aromatic rings. The first-order chi connectivity index (χ1) is 7.74. The number of nitrogens with one attached hydrogen (secondary N) is 1. The van der Waals surface area contributed by atoms with Gasteiger partial charge in [0.1, 0.15) is 5.82 Å². The van der Waals surface area contributed by atoms with Crippen LogP contribution in [0.2, 0.25) is 0 Å². The second-order valence-electron chi connectivity index (χ2n) is 4.76. The molecule has 1 rings (SSSR count). The van der Waals surface area contributed by atoms with Gasteiger partial charge in [-0.05, 0) is 38.5 Å². The number of hydrogen-bond acceptors (Lipinski definition) is 1. The fourth-order valence-electron chi connectivity index (χ4n) is 1.20. The predicted octanol–water partition coefficient (Wildman–Crippen LogP) is 3.43. The molecule has 0 heterocycles. The van der Waals surface area contributed by atoms with E-state index in [1.807, 2.05) is 20.8 Å². The standard InChI is InChI=1S/C13H17BrFNO/c1-8-5-6-10(7-11(8)15)12(17)16-13(3,4)9(2)14/h5-7,9H,1-4H3,(H,16,17). The van der Waals surface area contributed by atoms with E-state index in [4.69, 9.17) is 0 Å². The zero-order chi connectivity index (χ0) is 13.2. The first-order valence-corrected chi connectivity index (χ1v) is 6.38. The van der Waals surface area contributed by atoms with Gasteiger partial charge in [0.2, 0.25) is 0 Å². The maximum Gasteiger partial charge on any atom is 0.251 e. The van der Waals surface area contributed by atoms with Crippen LogP contribution in [-0.2, 0) is 0 Å². The normalized spacial score (nSPS) is 13.3. The van der Waals surface area contributed by atoms with Crippen molar-refractivity contribution in [2.24, 2.45) is 0 Å². The van der Waals surface area contributed by atoms with Gasteiger partial charge < -0.3 is 5.32 Å². The van der Waals surface area contributed by atoms with Gasteiger partial charge in [0.15, 0.2) is 0 Å². The van der Waals surface area contributed by atoms with Crippen LogP contribution in [0.5, 0.6) is 0 Å². The van der Waals surface area contributed by atoms with E-state index in [1.165, 1.54) is 6.07 Å². The molecule has 0 saturated heterocycles. The smallest absolute Gasteiger partial charge is 0.251 e. The Morgan fingerprint density at radius 3 is 2.53 bits per heavy atom. The van der Waals surface area contributed by atoms with Crippen molar-refractivity contribution >= 4 is 21.8 Å². The molecule has 0 spiro atoms. The molecule has 0 fully saturated rings. The Kier molecular flexibility index (Phi) is 4.31. The van der Waals surface area contributed by atoms with Crippen molar-refractivity contribution in [1.82, 2.24) is 5.32 Å². The van der Waals surface area contributed by atoms with Gasteiger partial charge in [-0.1, -0.05) is 28.9 Å². The molecule has 1 N–H and O–H groups in total. The van der Waals surface area contributed by atoms with Gasteiger partial charge in [0.05, 0.1) is 0 Å². The highest BCUT2D eigenvalue weighted by Gasteiger charge is 2.26. The molecular weight excluding hydrogens is 285 g/mol. The molecule has 0 aliphatic rings. The van der Waals surface area contributed by atoms with E-state index < -0.39 is 5.54 Å². The summed E-state index contributed by atoms with van der Waals surface area (Å²) in [4.78, 5) is 12.0. The van der Waals surface area contributed by atoms with Crippen LogP contribution < -0.4 is 5.32 Å². The van der Waals surface area contributed by atoms with Crippen molar-refractivity contribution in [3.8, 4) is 0 Å². The average Bonchev–Trinajstić information content (AvgIpc) is 2.21. The summed E-state index contributed by atoms with van der Waals surface area (Å²) in [6.07, 6.45) is 0. The molecule has 0 aromatic heterocycles. The van der Waals surface area contributed by atoms with Gasteiger partial charge in [-0.3, -0.25) is 4.79 Å². The molecule has 17 heavy (non-hydrogen) atoms. The lowest BCUT2D eigenvalue weighted by molar-refractivity contribution is 0.0913. The molecule has 0 radical (unpaired) electrons. The van der Waals surface area contributed by atoms with Gasteiger partial charge >= 0.3 is 0 Å². The highest BCUT2D eigenvalue weighted by molar-refractivity contribution is 9.09. The van der Waals surface area contributed by atoms with Crippen molar-refractivity contribution in [2.45, 2.75) is 38.1 Å². The maximum absolute atomic E-state index is 13.3. The highest BCUT2D eigenvalue weighted by atomic mass is 79.9. The van der Waals surface area contributed by atoms with E-state index in [-0.39, 0.29) is 16.6 Å². The molecule has 2 nitrogen and oxygen atoms in total. The summed E-state index contributed by atoms with van der Waals surface area (Å²) in [6.45, 7) is 7.45. The Balaban J connectivity index is 2.87. The van der Waals surface area contributed by atoms with E-state index >= 15 is 0 Å². The summed E-state index contributed by atoms with van der Waals surface area (Å²) < 4.78 is 13.3. The van der Waals surface area contributed by atoms with Gasteiger partial charge in [-0.25, -0.2) is 4.39 Å². The minimum atomic E-state index is -0.390. The number of carbonyl (C=O) groups is 1. The fourth-order valence-corrected chi connectivity index (χ4v) is 1.31. The van der Waals surface area contributed by atoms with E-state index in [9.17, 15) is 9.18 Å². The molecule has 0 aliphatic carbocycles. The number of halogens is 2. The molecule has 0 saturated carbocycles. The number of aryl methyl sites for hydroxylation is 1. The molecule has 94 valence electrons. The monoisotopic (exact) mass is 301 g/mol. The lowest BCUT2D eigenvalue weighted by Gasteiger charge is -2.29. The third-order valence-corrected chi connectivity index (χ3v) is 4.01. The number of benzene rings is 1. The van der Waals surface area contributed by atoms with E-state index in [0.717, 1.165) is 0 Å². The zero-order valence-corrected chi connectivity index (χ0v) is 12.1. The van der Waals surface area contributed by atoms with Crippen molar-refractivity contribution in [2.75, 3.05) is 0 Å². The summed E-state index contributed by atoms with van der Waals surface area (Å²) in [5.74, 6) is -0.623. The summed E-state index contributed by atoms with van der Waals surface area (Å²) in [7, 11) is 0. The summed E-state index contributed by atoms with van der Waals surface area (Å²) in [5.41, 5.74) is 0.488.